The van der Waals surface area contributed by atoms with Crippen LogP contribution >= 0.6 is 22.9 Å². The summed E-state index contributed by atoms with van der Waals surface area (Å²) in [5.41, 5.74) is -0.472. The third kappa shape index (κ3) is 6.33. The minimum Gasteiger partial charge on any atom is -0.444 e. The Morgan fingerprint density at radius 3 is 2.76 bits per heavy atom. The molecule has 7 heteroatoms. The number of anilines is 1. The van der Waals surface area contributed by atoms with Crippen molar-refractivity contribution >= 4 is 34.2 Å². The van der Waals surface area contributed by atoms with Gasteiger partial charge in [0.15, 0.2) is 5.13 Å². The van der Waals surface area contributed by atoms with Crippen LogP contribution in [-0.4, -0.2) is 29.8 Å². The molecule has 1 aromatic heterocycles. The second kappa shape index (κ2) is 6.07. The number of alkyl carbamates (subject to hydrolysis) is 1. The van der Waals surface area contributed by atoms with Crippen LogP contribution in [0.4, 0.5) is 9.93 Å². The molecule has 0 bridgehead atoms. The average molecular weight is 278 g/mol. The second-order valence-corrected chi connectivity index (χ2v) is 5.58. The molecule has 1 rings (SSSR count). The van der Waals surface area contributed by atoms with Crippen LogP contribution in [-0.2, 0) is 4.74 Å². The van der Waals surface area contributed by atoms with E-state index < -0.39 is 11.7 Å². The summed E-state index contributed by atoms with van der Waals surface area (Å²) in [6.07, 6.45) is -0.420. The van der Waals surface area contributed by atoms with Gasteiger partial charge in [0.05, 0.1) is 0 Å². The maximum absolute atomic E-state index is 11.3. The maximum Gasteiger partial charge on any atom is 0.407 e. The number of carbonyl (C=O) groups excluding carboxylic acids is 1. The van der Waals surface area contributed by atoms with E-state index in [0.717, 1.165) is 5.13 Å². The van der Waals surface area contributed by atoms with Gasteiger partial charge >= 0.3 is 6.09 Å². The highest BCUT2D eigenvalue weighted by Gasteiger charge is 2.15. The highest BCUT2D eigenvalue weighted by molar-refractivity contribution is 7.14. The van der Waals surface area contributed by atoms with Gasteiger partial charge in [-0.25, -0.2) is 9.78 Å². The number of nitrogens with zero attached hydrogens (tertiary/aromatic N) is 1. The Balaban J connectivity index is 2.14. The summed E-state index contributed by atoms with van der Waals surface area (Å²) in [7, 11) is 0. The van der Waals surface area contributed by atoms with Crippen molar-refractivity contribution in [2.45, 2.75) is 26.4 Å². The fourth-order valence-electron chi connectivity index (χ4n) is 0.984. The molecule has 0 aliphatic heterocycles. The number of ether oxygens (including phenoxy) is 1. The molecule has 5 nitrogen and oxygen atoms in total. The van der Waals surface area contributed by atoms with Crippen molar-refractivity contribution in [2.75, 3.05) is 18.4 Å². The molecular weight excluding hydrogens is 262 g/mol. The molecule has 0 aliphatic rings. The number of aromatic nitrogens is 1. The highest BCUT2D eigenvalue weighted by Crippen LogP contribution is 2.18. The van der Waals surface area contributed by atoms with Crippen LogP contribution in [0.2, 0.25) is 5.15 Å². The Kier molecular flexibility index (Phi) is 5.02. The highest BCUT2D eigenvalue weighted by atomic mass is 35.5. The number of carbonyl (C=O) groups is 1. The Morgan fingerprint density at radius 2 is 2.24 bits per heavy atom. The van der Waals surface area contributed by atoms with Crippen LogP contribution in [0.25, 0.3) is 0 Å². The van der Waals surface area contributed by atoms with Crippen molar-refractivity contribution in [1.82, 2.24) is 10.3 Å². The number of hydrogen-bond acceptors (Lipinski definition) is 5. The molecule has 0 saturated carbocycles. The molecule has 0 atom stereocenters. The number of halogens is 1. The third-order valence-corrected chi connectivity index (χ3v) is 2.67. The first-order valence-corrected chi connectivity index (χ1v) is 6.44. The molecule has 1 heterocycles. The Labute approximate surface area is 110 Å². The average Bonchev–Trinajstić information content (AvgIpc) is 2.56. The number of rotatable bonds is 4. The summed E-state index contributed by atoms with van der Waals surface area (Å²) >= 11 is 7.09. The normalized spacial score (nSPS) is 11.1. The van der Waals surface area contributed by atoms with E-state index in [1.807, 2.05) is 20.8 Å². The van der Waals surface area contributed by atoms with E-state index in [2.05, 4.69) is 15.6 Å². The first kappa shape index (κ1) is 14.1. The molecule has 1 aromatic rings. The zero-order valence-electron chi connectivity index (χ0n) is 10.0. The van der Waals surface area contributed by atoms with Crippen LogP contribution in [0.15, 0.2) is 5.38 Å². The van der Waals surface area contributed by atoms with Gasteiger partial charge in [-0.05, 0) is 20.8 Å². The SMILES string of the molecule is CC(C)(C)OC(=O)NCCNc1nc(Cl)cs1. The topological polar surface area (TPSA) is 63.2 Å². The van der Waals surface area contributed by atoms with Crippen molar-refractivity contribution in [3.8, 4) is 0 Å². The summed E-state index contributed by atoms with van der Waals surface area (Å²) in [6, 6.07) is 0. The van der Waals surface area contributed by atoms with Crippen molar-refractivity contribution in [3.05, 3.63) is 10.5 Å². The monoisotopic (exact) mass is 277 g/mol. The van der Waals surface area contributed by atoms with Gasteiger partial charge in [0.1, 0.15) is 10.8 Å². The molecule has 0 radical (unpaired) electrons. The summed E-state index contributed by atoms with van der Waals surface area (Å²) in [5, 5.41) is 8.62. The van der Waals surface area contributed by atoms with E-state index in [-0.39, 0.29) is 0 Å². The fraction of sp³-hybridized carbons (Fsp3) is 0.600. The molecule has 0 aromatic carbocycles. The standard InChI is InChI=1S/C10H16ClN3O2S/c1-10(2,3)16-9(15)13-5-4-12-8-14-7(11)6-17-8/h6H,4-5H2,1-3H3,(H,12,14)(H,13,15). The first-order chi connectivity index (χ1) is 7.87. The Hall–Kier alpha value is -1.01. The predicted octanol–water partition coefficient (Wildman–Crippen LogP) is 2.73. The van der Waals surface area contributed by atoms with Crippen molar-refractivity contribution in [3.63, 3.8) is 0 Å². The van der Waals surface area contributed by atoms with E-state index in [9.17, 15) is 4.79 Å². The summed E-state index contributed by atoms with van der Waals surface area (Å²) < 4.78 is 5.08. The van der Waals surface area contributed by atoms with Gasteiger partial charge in [-0.15, -0.1) is 11.3 Å². The van der Waals surface area contributed by atoms with Gasteiger partial charge in [-0.2, -0.15) is 0 Å². The van der Waals surface area contributed by atoms with Gasteiger partial charge in [-0.1, -0.05) is 11.6 Å². The van der Waals surface area contributed by atoms with Gasteiger partial charge < -0.3 is 15.4 Å². The second-order valence-electron chi connectivity index (χ2n) is 4.33. The molecule has 0 saturated heterocycles. The molecule has 1 amide bonds. The van der Waals surface area contributed by atoms with E-state index in [4.69, 9.17) is 16.3 Å². The van der Waals surface area contributed by atoms with E-state index in [0.29, 0.717) is 18.2 Å². The van der Waals surface area contributed by atoms with Crippen molar-refractivity contribution in [2.24, 2.45) is 0 Å². The Bertz CT molecular complexity index is 376. The number of amides is 1. The molecular formula is C10H16ClN3O2S. The smallest absolute Gasteiger partial charge is 0.407 e. The fourth-order valence-corrected chi connectivity index (χ4v) is 1.85. The molecule has 2 N–H and O–H groups in total. The van der Waals surface area contributed by atoms with Gasteiger partial charge in [-0.3, -0.25) is 0 Å². The molecule has 0 aliphatic carbocycles. The van der Waals surface area contributed by atoms with Gasteiger partial charge in [0.2, 0.25) is 0 Å². The number of hydrogen-bond donors (Lipinski definition) is 2. The summed E-state index contributed by atoms with van der Waals surface area (Å²) in [5.74, 6) is 0. The molecule has 17 heavy (non-hydrogen) atoms. The lowest BCUT2D eigenvalue weighted by Gasteiger charge is -2.19. The lowest BCUT2D eigenvalue weighted by molar-refractivity contribution is 0.0530. The van der Waals surface area contributed by atoms with Crippen LogP contribution in [0.5, 0.6) is 0 Å². The maximum atomic E-state index is 11.3. The van der Waals surface area contributed by atoms with Crippen molar-refractivity contribution < 1.29 is 9.53 Å². The first-order valence-electron chi connectivity index (χ1n) is 5.18. The quantitative estimate of drug-likeness (QED) is 0.831. The van der Waals surface area contributed by atoms with Crippen LogP contribution < -0.4 is 10.6 Å². The minimum absolute atomic E-state index is 0.420. The predicted molar refractivity (Wildman–Crippen MR) is 69.9 cm³/mol. The molecule has 0 unspecified atom stereocenters. The zero-order chi connectivity index (χ0) is 12.9. The van der Waals surface area contributed by atoms with Gasteiger partial charge in [0.25, 0.3) is 0 Å². The van der Waals surface area contributed by atoms with Crippen LogP contribution in [0.1, 0.15) is 20.8 Å². The molecule has 96 valence electrons. The number of nitrogens with one attached hydrogen (secondary N) is 2. The van der Waals surface area contributed by atoms with E-state index >= 15 is 0 Å². The summed E-state index contributed by atoms with van der Waals surface area (Å²) in [4.78, 5) is 15.3. The van der Waals surface area contributed by atoms with E-state index in [1.165, 1.54) is 11.3 Å². The van der Waals surface area contributed by atoms with E-state index in [1.54, 1.807) is 5.38 Å². The van der Waals surface area contributed by atoms with Crippen molar-refractivity contribution in [1.29, 1.82) is 0 Å². The van der Waals surface area contributed by atoms with Gasteiger partial charge in [0, 0.05) is 18.5 Å². The Morgan fingerprint density at radius 1 is 1.53 bits per heavy atom. The van der Waals surface area contributed by atoms with Crippen LogP contribution in [0.3, 0.4) is 0 Å². The minimum atomic E-state index is -0.472. The lowest BCUT2D eigenvalue weighted by atomic mass is 10.2. The van der Waals surface area contributed by atoms with Crippen LogP contribution in [0, 0.1) is 0 Å². The zero-order valence-corrected chi connectivity index (χ0v) is 11.6. The molecule has 0 spiro atoms. The summed E-state index contributed by atoms with van der Waals surface area (Å²) in [6.45, 7) is 6.50. The number of thiazole rings is 1. The lowest BCUT2D eigenvalue weighted by Crippen LogP contribution is -2.34. The third-order valence-electron chi connectivity index (χ3n) is 1.55. The largest absolute Gasteiger partial charge is 0.444 e. The molecule has 0 fully saturated rings.